The van der Waals surface area contributed by atoms with Gasteiger partial charge in [0.25, 0.3) is 0 Å². The monoisotopic (exact) mass is 186 g/mol. The van der Waals surface area contributed by atoms with Gasteiger partial charge in [-0.2, -0.15) is 16.9 Å². The lowest BCUT2D eigenvalue weighted by Gasteiger charge is -2.01. The van der Waals surface area contributed by atoms with Crippen molar-refractivity contribution in [2.45, 2.75) is 12.3 Å². The van der Waals surface area contributed by atoms with Crippen molar-refractivity contribution < 1.29 is 4.52 Å². The Labute approximate surface area is 73.5 Å². The van der Waals surface area contributed by atoms with Crippen LogP contribution in [-0.4, -0.2) is 16.7 Å². The number of nitrogen functional groups attached to an aromatic ring is 1. The Morgan fingerprint density at radius 1 is 1.67 bits per heavy atom. The van der Waals surface area contributed by atoms with Gasteiger partial charge < -0.3 is 10.3 Å². The summed E-state index contributed by atoms with van der Waals surface area (Å²) in [4.78, 5) is 10.9. The summed E-state index contributed by atoms with van der Waals surface area (Å²) in [6, 6.07) is 0. The number of H-pyrrole nitrogens is 1. The molecule has 1 fully saturated rings. The summed E-state index contributed by atoms with van der Waals surface area (Å²) in [7, 11) is 0. The van der Waals surface area contributed by atoms with Crippen LogP contribution < -0.4 is 11.3 Å². The van der Waals surface area contributed by atoms with E-state index in [1.165, 1.54) is 0 Å². The van der Waals surface area contributed by atoms with E-state index in [4.69, 9.17) is 10.3 Å². The van der Waals surface area contributed by atoms with Crippen molar-refractivity contribution in [3.05, 3.63) is 16.1 Å². The molecule has 2 rings (SSSR count). The highest BCUT2D eigenvalue weighted by molar-refractivity contribution is 7.99. The molecule has 12 heavy (non-hydrogen) atoms. The minimum absolute atomic E-state index is 0.252. The first kappa shape index (κ1) is 7.79. The van der Waals surface area contributed by atoms with Gasteiger partial charge >= 0.3 is 5.56 Å². The summed E-state index contributed by atoms with van der Waals surface area (Å²) in [6.45, 7) is 0. The van der Waals surface area contributed by atoms with Gasteiger partial charge in [-0.3, -0.25) is 4.79 Å². The normalized spacial score (nSPS) is 23.2. The smallest absolute Gasteiger partial charge is 0.303 e. The Hall–Kier alpha value is -0.840. The summed E-state index contributed by atoms with van der Waals surface area (Å²) in [5.41, 5.74) is 5.48. The largest absolute Gasteiger partial charge is 0.391 e. The van der Waals surface area contributed by atoms with E-state index in [1.54, 1.807) is 0 Å². The number of hydrogen-bond donors (Lipinski definition) is 2. The van der Waals surface area contributed by atoms with E-state index in [0.717, 1.165) is 17.9 Å². The highest BCUT2D eigenvalue weighted by Gasteiger charge is 2.24. The Morgan fingerprint density at radius 2 is 2.50 bits per heavy atom. The zero-order valence-corrected chi connectivity index (χ0v) is 7.32. The molecule has 4 nitrogen and oxygen atoms in total. The third-order valence-corrected chi connectivity index (χ3v) is 3.23. The van der Waals surface area contributed by atoms with E-state index in [1.807, 2.05) is 11.8 Å². The molecule has 0 saturated carbocycles. The predicted octanol–water partition coefficient (Wildman–Crippen LogP) is 0.771. The van der Waals surface area contributed by atoms with Crippen molar-refractivity contribution in [2.24, 2.45) is 0 Å². The maximum Gasteiger partial charge on any atom is 0.303 e. The molecule has 1 saturated heterocycles. The Bertz CT molecular complexity index is 324. The van der Waals surface area contributed by atoms with Gasteiger partial charge in [-0.25, -0.2) is 0 Å². The van der Waals surface area contributed by atoms with Crippen LogP contribution in [0.5, 0.6) is 0 Å². The van der Waals surface area contributed by atoms with Crippen LogP contribution in [0.2, 0.25) is 0 Å². The van der Waals surface area contributed by atoms with Gasteiger partial charge in [0.2, 0.25) is 0 Å². The van der Waals surface area contributed by atoms with E-state index in [2.05, 4.69) is 5.16 Å². The van der Waals surface area contributed by atoms with Crippen molar-refractivity contribution in [3.8, 4) is 0 Å². The lowest BCUT2D eigenvalue weighted by molar-refractivity contribution is 0.363. The predicted molar refractivity (Wildman–Crippen MR) is 48.4 cm³/mol. The Balaban J connectivity index is 2.32. The number of nitrogens with two attached hydrogens (primary N) is 1. The van der Waals surface area contributed by atoms with Gasteiger partial charge in [0.1, 0.15) is 5.69 Å². The molecule has 2 heterocycles. The second-order valence-corrected chi connectivity index (χ2v) is 4.02. The molecule has 1 aromatic heterocycles. The molecule has 3 N–H and O–H groups in total. The minimum atomic E-state index is -0.304. The highest BCUT2D eigenvalue weighted by Crippen LogP contribution is 2.33. The Morgan fingerprint density at radius 3 is 3.00 bits per heavy atom. The first-order valence-corrected chi connectivity index (χ1v) is 4.99. The molecule has 0 aliphatic carbocycles. The molecule has 1 aliphatic rings. The summed E-state index contributed by atoms with van der Waals surface area (Å²) in [5, 5.41) is 2.25. The van der Waals surface area contributed by atoms with E-state index < -0.39 is 0 Å². The summed E-state index contributed by atoms with van der Waals surface area (Å²) in [6.07, 6.45) is 1.05. The van der Waals surface area contributed by atoms with Crippen molar-refractivity contribution in [1.82, 2.24) is 5.16 Å². The molecule has 1 aromatic rings. The Kier molecular flexibility index (Phi) is 1.88. The molecular formula is C7H10N2O2S. The number of hydrogen-bond acceptors (Lipinski definition) is 4. The number of aromatic nitrogens is 1. The van der Waals surface area contributed by atoms with Crippen molar-refractivity contribution >= 4 is 17.4 Å². The maximum absolute atomic E-state index is 10.9. The number of aromatic amines is 1. The molecule has 0 spiro atoms. The van der Waals surface area contributed by atoms with Crippen LogP contribution in [-0.2, 0) is 0 Å². The van der Waals surface area contributed by atoms with E-state index in [9.17, 15) is 4.79 Å². The number of rotatable bonds is 1. The van der Waals surface area contributed by atoms with Crippen molar-refractivity contribution in [3.63, 3.8) is 0 Å². The lowest BCUT2D eigenvalue weighted by Crippen LogP contribution is -2.07. The molecular weight excluding hydrogens is 176 g/mol. The third-order valence-electron chi connectivity index (χ3n) is 2.06. The van der Waals surface area contributed by atoms with Crippen LogP contribution in [0.3, 0.4) is 0 Å². The first-order valence-electron chi connectivity index (χ1n) is 3.83. The second kappa shape index (κ2) is 2.90. The summed E-state index contributed by atoms with van der Waals surface area (Å²) < 4.78 is 5.00. The molecule has 0 radical (unpaired) electrons. The van der Waals surface area contributed by atoms with Gasteiger partial charge in [-0.05, 0) is 12.2 Å². The molecule has 0 bridgehead atoms. The molecule has 0 aromatic carbocycles. The fourth-order valence-electron chi connectivity index (χ4n) is 1.37. The number of anilines is 1. The second-order valence-electron chi connectivity index (χ2n) is 2.87. The van der Waals surface area contributed by atoms with Gasteiger partial charge in [0.05, 0.1) is 0 Å². The third kappa shape index (κ3) is 1.14. The standard InChI is InChI=1S/C7H10N2O2S/c8-5-6(11-9-7(5)10)4-1-2-12-3-4/h4H,1-3,8H2,(H,9,10). The summed E-state index contributed by atoms with van der Waals surface area (Å²) in [5.74, 6) is 3.10. The van der Waals surface area contributed by atoms with E-state index in [0.29, 0.717) is 11.7 Å². The SMILES string of the molecule is Nc1c(C2CCSC2)o[nH]c1=O. The average molecular weight is 186 g/mol. The van der Waals surface area contributed by atoms with Crippen LogP contribution >= 0.6 is 11.8 Å². The van der Waals surface area contributed by atoms with Crippen LogP contribution in [0, 0.1) is 0 Å². The molecule has 1 unspecified atom stereocenters. The fourth-order valence-corrected chi connectivity index (χ4v) is 2.59. The zero-order chi connectivity index (χ0) is 8.55. The number of nitrogens with one attached hydrogen (secondary N) is 1. The first-order chi connectivity index (χ1) is 5.79. The van der Waals surface area contributed by atoms with Crippen LogP contribution in [0.4, 0.5) is 5.69 Å². The van der Waals surface area contributed by atoms with E-state index in [-0.39, 0.29) is 11.2 Å². The number of thioether (sulfide) groups is 1. The fraction of sp³-hybridized carbons (Fsp3) is 0.571. The van der Waals surface area contributed by atoms with Crippen molar-refractivity contribution in [1.29, 1.82) is 0 Å². The lowest BCUT2D eigenvalue weighted by atomic mass is 10.1. The van der Waals surface area contributed by atoms with Crippen molar-refractivity contribution in [2.75, 3.05) is 17.2 Å². The van der Waals surface area contributed by atoms with E-state index >= 15 is 0 Å². The van der Waals surface area contributed by atoms with Crippen LogP contribution in [0.25, 0.3) is 0 Å². The zero-order valence-electron chi connectivity index (χ0n) is 6.50. The molecule has 0 amide bonds. The molecule has 5 heteroatoms. The van der Waals surface area contributed by atoms with Gasteiger partial charge in [0.15, 0.2) is 5.76 Å². The van der Waals surface area contributed by atoms with Crippen LogP contribution in [0.1, 0.15) is 18.1 Å². The molecule has 1 atom stereocenters. The quantitative estimate of drug-likeness (QED) is 0.679. The average Bonchev–Trinajstić information content (AvgIpc) is 2.64. The van der Waals surface area contributed by atoms with Gasteiger partial charge in [-0.15, -0.1) is 0 Å². The maximum atomic E-state index is 10.9. The molecule has 66 valence electrons. The minimum Gasteiger partial charge on any atom is -0.391 e. The summed E-state index contributed by atoms with van der Waals surface area (Å²) >= 11 is 1.86. The molecule has 1 aliphatic heterocycles. The van der Waals surface area contributed by atoms with Gasteiger partial charge in [-0.1, -0.05) is 0 Å². The van der Waals surface area contributed by atoms with Crippen LogP contribution in [0.15, 0.2) is 9.32 Å². The highest BCUT2D eigenvalue weighted by atomic mass is 32.2. The topological polar surface area (TPSA) is 72.0 Å². The van der Waals surface area contributed by atoms with Gasteiger partial charge in [0, 0.05) is 11.7 Å².